The number of rotatable bonds is 6. The van der Waals surface area contributed by atoms with Crippen LogP contribution < -0.4 is 5.32 Å². The molecule has 0 aliphatic rings. The minimum absolute atomic E-state index is 0.305. The smallest absolute Gasteiger partial charge is 0.128 e. The van der Waals surface area contributed by atoms with E-state index >= 15 is 0 Å². The Kier molecular flexibility index (Phi) is 5.14. The standard InChI is InChI=1S/C14H17F2N3S/c1-3-7-17-13(14-12(4-2)18-19-20-14)10-8-9(15)5-6-11(10)16/h5-6,8,13,17H,3-4,7H2,1-2H3. The van der Waals surface area contributed by atoms with Crippen molar-refractivity contribution in [3.05, 3.63) is 46.0 Å². The van der Waals surface area contributed by atoms with Gasteiger partial charge in [-0.05, 0) is 49.1 Å². The summed E-state index contributed by atoms with van der Waals surface area (Å²) in [6, 6.07) is 3.12. The molecule has 1 aromatic carbocycles. The van der Waals surface area contributed by atoms with Crippen molar-refractivity contribution in [3.63, 3.8) is 0 Å². The van der Waals surface area contributed by atoms with Crippen molar-refractivity contribution in [3.8, 4) is 0 Å². The summed E-state index contributed by atoms with van der Waals surface area (Å²) in [5.41, 5.74) is 1.13. The van der Waals surface area contributed by atoms with E-state index in [4.69, 9.17) is 0 Å². The molecule has 6 heteroatoms. The van der Waals surface area contributed by atoms with Crippen LogP contribution in [0.25, 0.3) is 0 Å². The molecule has 1 aromatic heterocycles. The van der Waals surface area contributed by atoms with Crippen LogP contribution in [-0.4, -0.2) is 16.1 Å². The van der Waals surface area contributed by atoms with Gasteiger partial charge in [-0.1, -0.05) is 18.3 Å². The Hall–Kier alpha value is -1.40. The number of benzene rings is 1. The minimum atomic E-state index is -0.444. The van der Waals surface area contributed by atoms with Gasteiger partial charge in [0, 0.05) is 5.56 Å². The first kappa shape index (κ1) is 15.0. The first-order valence-corrected chi connectivity index (χ1v) is 7.44. The summed E-state index contributed by atoms with van der Waals surface area (Å²) in [5, 5.41) is 7.31. The van der Waals surface area contributed by atoms with Crippen LogP contribution in [0.4, 0.5) is 8.78 Å². The lowest BCUT2D eigenvalue weighted by molar-refractivity contribution is 0.536. The Balaban J connectivity index is 2.44. The molecule has 0 amide bonds. The normalized spacial score (nSPS) is 12.6. The first-order valence-electron chi connectivity index (χ1n) is 6.66. The monoisotopic (exact) mass is 297 g/mol. The van der Waals surface area contributed by atoms with Crippen LogP contribution in [0.5, 0.6) is 0 Å². The van der Waals surface area contributed by atoms with E-state index < -0.39 is 17.7 Å². The van der Waals surface area contributed by atoms with Gasteiger partial charge in [0.15, 0.2) is 0 Å². The average molecular weight is 297 g/mol. The molecule has 0 spiro atoms. The molecule has 0 radical (unpaired) electrons. The Morgan fingerprint density at radius 3 is 2.80 bits per heavy atom. The number of halogens is 2. The summed E-state index contributed by atoms with van der Waals surface area (Å²) in [5.74, 6) is -0.865. The Morgan fingerprint density at radius 2 is 2.10 bits per heavy atom. The van der Waals surface area contributed by atoms with Crippen molar-refractivity contribution in [2.75, 3.05) is 6.54 Å². The zero-order valence-electron chi connectivity index (χ0n) is 11.5. The lowest BCUT2D eigenvalue weighted by Crippen LogP contribution is -2.24. The summed E-state index contributed by atoms with van der Waals surface area (Å²) in [7, 11) is 0. The molecule has 3 nitrogen and oxygen atoms in total. The fourth-order valence-electron chi connectivity index (χ4n) is 2.05. The third-order valence-electron chi connectivity index (χ3n) is 3.05. The van der Waals surface area contributed by atoms with Crippen molar-refractivity contribution in [2.24, 2.45) is 0 Å². The van der Waals surface area contributed by atoms with Crippen molar-refractivity contribution in [1.29, 1.82) is 0 Å². The van der Waals surface area contributed by atoms with Gasteiger partial charge in [0.1, 0.15) is 11.6 Å². The number of aryl methyl sites for hydroxylation is 1. The molecule has 20 heavy (non-hydrogen) atoms. The maximum atomic E-state index is 14.0. The predicted molar refractivity (Wildman–Crippen MR) is 75.8 cm³/mol. The summed E-state index contributed by atoms with van der Waals surface area (Å²) in [4.78, 5) is 0.852. The van der Waals surface area contributed by atoms with Crippen LogP contribution in [-0.2, 0) is 6.42 Å². The number of aromatic nitrogens is 2. The van der Waals surface area contributed by atoms with Gasteiger partial charge in [0.2, 0.25) is 0 Å². The van der Waals surface area contributed by atoms with Crippen LogP contribution in [0.1, 0.15) is 42.4 Å². The molecular weight excluding hydrogens is 280 g/mol. The second-order valence-electron chi connectivity index (χ2n) is 4.49. The molecule has 0 saturated heterocycles. The van der Waals surface area contributed by atoms with Gasteiger partial charge in [0.05, 0.1) is 16.6 Å². The largest absolute Gasteiger partial charge is 0.305 e. The maximum Gasteiger partial charge on any atom is 0.128 e. The second kappa shape index (κ2) is 6.85. The molecule has 0 saturated carbocycles. The van der Waals surface area contributed by atoms with Crippen LogP contribution >= 0.6 is 11.5 Å². The molecule has 108 valence electrons. The van der Waals surface area contributed by atoms with Crippen LogP contribution in [0, 0.1) is 11.6 Å². The molecule has 0 aliphatic heterocycles. The summed E-state index contributed by atoms with van der Waals surface area (Å²) in [6.45, 7) is 4.71. The topological polar surface area (TPSA) is 37.8 Å². The Labute approximate surface area is 121 Å². The van der Waals surface area contributed by atoms with E-state index in [1.165, 1.54) is 17.6 Å². The molecule has 1 unspecified atom stereocenters. The van der Waals surface area contributed by atoms with E-state index in [1.807, 2.05) is 13.8 Å². The first-order chi connectivity index (χ1) is 9.67. The molecule has 1 N–H and O–H groups in total. The Bertz CT molecular complexity index is 571. The van der Waals surface area contributed by atoms with Gasteiger partial charge in [-0.3, -0.25) is 0 Å². The van der Waals surface area contributed by atoms with E-state index in [1.54, 1.807) is 0 Å². The maximum absolute atomic E-state index is 14.0. The van der Waals surface area contributed by atoms with Gasteiger partial charge in [-0.15, -0.1) is 5.10 Å². The third kappa shape index (κ3) is 3.19. The van der Waals surface area contributed by atoms with Crippen molar-refractivity contribution in [2.45, 2.75) is 32.7 Å². The van der Waals surface area contributed by atoms with Crippen molar-refractivity contribution >= 4 is 11.5 Å². The van der Waals surface area contributed by atoms with Crippen molar-refractivity contribution in [1.82, 2.24) is 14.9 Å². The molecule has 0 fully saturated rings. The number of nitrogens with one attached hydrogen (secondary N) is 1. The highest BCUT2D eigenvalue weighted by atomic mass is 32.1. The SMILES string of the molecule is CCCNC(c1cc(F)ccc1F)c1snnc1CC. The van der Waals surface area contributed by atoms with Gasteiger partial charge in [-0.2, -0.15) is 0 Å². The lowest BCUT2D eigenvalue weighted by Gasteiger charge is -2.18. The Morgan fingerprint density at radius 1 is 1.30 bits per heavy atom. The lowest BCUT2D eigenvalue weighted by atomic mass is 10.0. The molecule has 2 aromatic rings. The molecule has 0 aliphatic carbocycles. The van der Waals surface area contributed by atoms with E-state index in [0.717, 1.165) is 29.1 Å². The van der Waals surface area contributed by atoms with E-state index in [-0.39, 0.29) is 0 Å². The summed E-state index contributed by atoms with van der Waals surface area (Å²) in [6.07, 6.45) is 1.62. The molecule has 0 bridgehead atoms. The number of hydrogen-bond acceptors (Lipinski definition) is 4. The van der Waals surface area contributed by atoms with Gasteiger partial charge in [0.25, 0.3) is 0 Å². The van der Waals surface area contributed by atoms with E-state index in [2.05, 4.69) is 14.9 Å². The highest BCUT2D eigenvalue weighted by Gasteiger charge is 2.23. The minimum Gasteiger partial charge on any atom is -0.305 e. The second-order valence-corrected chi connectivity index (χ2v) is 5.28. The summed E-state index contributed by atoms with van der Waals surface area (Å²) >= 11 is 1.23. The zero-order valence-corrected chi connectivity index (χ0v) is 12.3. The highest BCUT2D eigenvalue weighted by molar-refractivity contribution is 7.05. The quantitative estimate of drug-likeness (QED) is 0.887. The third-order valence-corrected chi connectivity index (χ3v) is 3.88. The van der Waals surface area contributed by atoms with Crippen LogP contribution in [0.3, 0.4) is 0 Å². The highest BCUT2D eigenvalue weighted by Crippen LogP contribution is 2.29. The van der Waals surface area contributed by atoms with Crippen LogP contribution in [0.2, 0.25) is 0 Å². The molecule has 2 rings (SSSR count). The van der Waals surface area contributed by atoms with E-state index in [9.17, 15) is 8.78 Å². The van der Waals surface area contributed by atoms with E-state index in [0.29, 0.717) is 18.5 Å². The van der Waals surface area contributed by atoms with Gasteiger partial charge < -0.3 is 5.32 Å². The number of hydrogen-bond donors (Lipinski definition) is 1. The van der Waals surface area contributed by atoms with Crippen molar-refractivity contribution < 1.29 is 8.78 Å². The fraction of sp³-hybridized carbons (Fsp3) is 0.429. The predicted octanol–water partition coefficient (Wildman–Crippen LogP) is 3.47. The van der Waals surface area contributed by atoms with Gasteiger partial charge >= 0.3 is 0 Å². The molecule has 1 heterocycles. The number of nitrogens with zero attached hydrogens (tertiary/aromatic N) is 2. The van der Waals surface area contributed by atoms with Gasteiger partial charge in [-0.25, -0.2) is 8.78 Å². The fourth-order valence-corrected chi connectivity index (χ4v) is 2.88. The summed E-state index contributed by atoms with van der Waals surface area (Å²) < 4.78 is 31.4. The zero-order chi connectivity index (χ0) is 14.5. The molecule has 1 atom stereocenters. The average Bonchev–Trinajstić information content (AvgIpc) is 2.91. The van der Waals surface area contributed by atoms with Crippen LogP contribution in [0.15, 0.2) is 18.2 Å². The molecular formula is C14H17F2N3S.